The molecule has 0 saturated heterocycles. The molecule has 0 fully saturated rings. The van der Waals surface area contributed by atoms with Gasteiger partial charge in [0.1, 0.15) is 6.10 Å². The minimum atomic E-state index is -0.529. The molecule has 0 amide bonds. The summed E-state index contributed by atoms with van der Waals surface area (Å²) in [4.78, 5) is 2.21. The summed E-state index contributed by atoms with van der Waals surface area (Å²) in [5.74, 6) is 0. The molecule has 1 heterocycles. The third-order valence-electron chi connectivity index (χ3n) is 2.54. The van der Waals surface area contributed by atoms with Gasteiger partial charge in [-0.15, -0.1) is 11.3 Å². The first-order chi connectivity index (χ1) is 7.36. The number of ether oxygens (including phenoxy) is 1. The summed E-state index contributed by atoms with van der Waals surface area (Å²) in [7, 11) is 0. The summed E-state index contributed by atoms with van der Waals surface area (Å²) in [6.07, 6.45) is -0.686. The molecule has 16 heavy (non-hydrogen) atoms. The van der Waals surface area contributed by atoms with Crippen molar-refractivity contribution in [2.75, 3.05) is 6.61 Å². The first-order valence-electron chi connectivity index (χ1n) is 5.72. The van der Waals surface area contributed by atoms with Crippen molar-refractivity contribution in [2.24, 2.45) is 5.41 Å². The molecule has 2 unspecified atom stereocenters. The van der Waals surface area contributed by atoms with E-state index in [9.17, 15) is 5.11 Å². The Balaban J connectivity index is 2.86. The monoisotopic (exact) mass is 242 g/mol. The smallest absolute Gasteiger partial charge is 0.115 e. The highest BCUT2D eigenvalue weighted by Gasteiger charge is 2.33. The van der Waals surface area contributed by atoms with E-state index >= 15 is 0 Å². The van der Waals surface area contributed by atoms with Gasteiger partial charge in [-0.3, -0.25) is 0 Å². The lowest BCUT2D eigenvalue weighted by Gasteiger charge is -2.33. The summed E-state index contributed by atoms with van der Waals surface area (Å²) in [5.41, 5.74) is -0.0622. The number of aliphatic hydroxyl groups excluding tert-OH is 1. The van der Waals surface area contributed by atoms with Crippen LogP contribution >= 0.6 is 11.3 Å². The van der Waals surface area contributed by atoms with Crippen molar-refractivity contribution in [1.29, 1.82) is 0 Å². The van der Waals surface area contributed by atoms with E-state index < -0.39 is 6.10 Å². The SMILES string of the molecule is CCOC(C(O)c1ccc(C)s1)C(C)(C)C. The van der Waals surface area contributed by atoms with E-state index in [2.05, 4.69) is 20.8 Å². The Hall–Kier alpha value is -0.380. The molecule has 1 rings (SSSR count). The van der Waals surface area contributed by atoms with Crippen LogP contribution in [0, 0.1) is 12.3 Å². The molecule has 92 valence electrons. The standard InChI is InChI=1S/C13H22O2S/c1-6-15-12(13(3,4)5)11(14)10-8-7-9(2)16-10/h7-8,11-12,14H,6H2,1-5H3. The number of aryl methyl sites for hydroxylation is 1. The van der Waals surface area contributed by atoms with Crippen LogP contribution in [0.15, 0.2) is 12.1 Å². The van der Waals surface area contributed by atoms with Gasteiger partial charge in [-0.25, -0.2) is 0 Å². The maximum absolute atomic E-state index is 10.3. The summed E-state index contributed by atoms with van der Waals surface area (Å²) >= 11 is 1.64. The van der Waals surface area contributed by atoms with Crippen LogP contribution < -0.4 is 0 Å². The fourth-order valence-electron chi connectivity index (χ4n) is 1.76. The molecule has 2 nitrogen and oxygen atoms in total. The molecule has 0 radical (unpaired) electrons. The van der Waals surface area contributed by atoms with Crippen LogP contribution in [0.1, 0.15) is 43.6 Å². The Kier molecular flexibility index (Phi) is 4.53. The van der Waals surface area contributed by atoms with E-state index in [0.29, 0.717) is 6.61 Å². The van der Waals surface area contributed by atoms with Crippen molar-refractivity contribution in [3.05, 3.63) is 21.9 Å². The molecular weight excluding hydrogens is 220 g/mol. The molecule has 0 saturated carbocycles. The average molecular weight is 242 g/mol. The van der Waals surface area contributed by atoms with Crippen LogP contribution in [0.5, 0.6) is 0 Å². The van der Waals surface area contributed by atoms with Crippen molar-refractivity contribution < 1.29 is 9.84 Å². The molecule has 1 N–H and O–H groups in total. The largest absolute Gasteiger partial charge is 0.385 e. The highest BCUT2D eigenvalue weighted by Crippen LogP contribution is 2.35. The van der Waals surface area contributed by atoms with E-state index in [1.165, 1.54) is 4.88 Å². The Bertz CT molecular complexity index is 325. The Morgan fingerprint density at radius 3 is 2.38 bits per heavy atom. The fourth-order valence-corrected chi connectivity index (χ4v) is 2.64. The fraction of sp³-hybridized carbons (Fsp3) is 0.692. The van der Waals surface area contributed by atoms with Crippen LogP contribution in [0.25, 0.3) is 0 Å². The number of rotatable bonds is 4. The van der Waals surface area contributed by atoms with Crippen LogP contribution in [0.3, 0.4) is 0 Å². The van der Waals surface area contributed by atoms with E-state index in [1.54, 1.807) is 11.3 Å². The molecule has 2 atom stereocenters. The second-order valence-corrected chi connectivity index (χ2v) is 6.45. The molecule has 0 spiro atoms. The first kappa shape index (κ1) is 13.7. The lowest BCUT2D eigenvalue weighted by Crippen LogP contribution is -2.35. The predicted octanol–water partition coefficient (Wildman–Crippen LogP) is 3.54. The van der Waals surface area contributed by atoms with Gasteiger partial charge in [0.05, 0.1) is 6.10 Å². The molecule has 0 aliphatic rings. The maximum Gasteiger partial charge on any atom is 0.115 e. The summed E-state index contributed by atoms with van der Waals surface area (Å²) in [5, 5.41) is 10.3. The third kappa shape index (κ3) is 3.30. The van der Waals surface area contributed by atoms with Crippen LogP contribution in [-0.4, -0.2) is 17.8 Å². The molecule has 0 aromatic carbocycles. The van der Waals surface area contributed by atoms with Crippen molar-refractivity contribution >= 4 is 11.3 Å². The van der Waals surface area contributed by atoms with Crippen LogP contribution in [-0.2, 0) is 4.74 Å². The summed E-state index contributed by atoms with van der Waals surface area (Å²) in [6.45, 7) is 10.9. The van der Waals surface area contributed by atoms with Gasteiger partial charge >= 0.3 is 0 Å². The van der Waals surface area contributed by atoms with Crippen molar-refractivity contribution in [3.8, 4) is 0 Å². The van der Waals surface area contributed by atoms with Gasteiger partial charge < -0.3 is 9.84 Å². The van der Waals surface area contributed by atoms with Gasteiger partial charge in [-0.05, 0) is 31.4 Å². The number of hydrogen-bond donors (Lipinski definition) is 1. The quantitative estimate of drug-likeness (QED) is 0.875. The van der Waals surface area contributed by atoms with E-state index in [0.717, 1.165) is 4.88 Å². The van der Waals surface area contributed by atoms with Crippen molar-refractivity contribution in [3.63, 3.8) is 0 Å². The highest BCUT2D eigenvalue weighted by atomic mass is 32.1. The van der Waals surface area contributed by atoms with Gasteiger partial charge in [-0.1, -0.05) is 20.8 Å². The molecule has 0 aliphatic heterocycles. The van der Waals surface area contributed by atoms with E-state index in [4.69, 9.17) is 4.74 Å². The minimum Gasteiger partial charge on any atom is -0.385 e. The lowest BCUT2D eigenvalue weighted by atomic mass is 9.85. The molecule has 3 heteroatoms. The summed E-state index contributed by atoms with van der Waals surface area (Å²) < 4.78 is 5.69. The maximum atomic E-state index is 10.3. The first-order valence-corrected chi connectivity index (χ1v) is 6.54. The van der Waals surface area contributed by atoms with Gasteiger partial charge in [-0.2, -0.15) is 0 Å². The van der Waals surface area contributed by atoms with Crippen molar-refractivity contribution in [1.82, 2.24) is 0 Å². The van der Waals surface area contributed by atoms with Gasteiger partial charge in [0, 0.05) is 16.4 Å². The van der Waals surface area contributed by atoms with Gasteiger partial charge in [0.25, 0.3) is 0 Å². The molecule has 1 aromatic heterocycles. The Morgan fingerprint density at radius 2 is 2.00 bits per heavy atom. The van der Waals surface area contributed by atoms with Crippen molar-refractivity contribution in [2.45, 2.75) is 46.8 Å². The normalized spacial score (nSPS) is 16.1. The number of aliphatic hydroxyl groups is 1. The highest BCUT2D eigenvalue weighted by molar-refractivity contribution is 7.12. The number of thiophene rings is 1. The second-order valence-electron chi connectivity index (χ2n) is 5.14. The predicted molar refractivity (Wildman–Crippen MR) is 68.9 cm³/mol. The molecule has 1 aromatic rings. The Labute approximate surface area is 102 Å². The minimum absolute atomic E-state index is 0.0622. The zero-order valence-corrected chi connectivity index (χ0v) is 11.6. The number of hydrogen-bond acceptors (Lipinski definition) is 3. The van der Waals surface area contributed by atoms with Crippen LogP contribution in [0.4, 0.5) is 0 Å². The summed E-state index contributed by atoms with van der Waals surface area (Å²) in [6, 6.07) is 4.03. The zero-order chi connectivity index (χ0) is 12.3. The molecule has 0 aliphatic carbocycles. The zero-order valence-electron chi connectivity index (χ0n) is 10.8. The van der Waals surface area contributed by atoms with E-state index in [1.807, 2.05) is 26.0 Å². The van der Waals surface area contributed by atoms with Gasteiger partial charge in [0.15, 0.2) is 0 Å². The lowest BCUT2D eigenvalue weighted by molar-refractivity contribution is -0.0886. The van der Waals surface area contributed by atoms with E-state index in [-0.39, 0.29) is 11.5 Å². The Morgan fingerprint density at radius 1 is 1.38 bits per heavy atom. The third-order valence-corrected chi connectivity index (χ3v) is 3.61. The topological polar surface area (TPSA) is 29.5 Å². The molecular formula is C13H22O2S. The second kappa shape index (κ2) is 5.30. The average Bonchev–Trinajstić information content (AvgIpc) is 2.58. The van der Waals surface area contributed by atoms with Gasteiger partial charge in [0.2, 0.25) is 0 Å². The molecule has 0 bridgehead atoms. The van der Waals surface area contributed by atoms with Crippen LogP contribution in [0.2, 0.25) is 0 Å².